The summed E-state index contributed by atoms with van der Waals surface area (Å²) >= 11 is 6.19. The van der Waals surface area contributed by atoms with Crippen LogP contribution >= 0.6 is 11.6 Å². The first kappa shape index (κ1) is 31.3. The van der Waals surface area contributed by atoms with Crippen molar-refractivity contribution in [3.63, 3.8) is 0 Å². The van der Waals surface area contributed by atoms with E-state index in [2.05, 4.69) is 5.32 Å². The van der Waals surface area contributed by atoms with Gasteiger partial charge in [-0.1, -0.05) is 36.6 Å². The minimum Gasteiger partial charge on any atom is -0.494 e. The van der Waals surface area contributed by atoms with Gasteiger partial charge in [-0.25, -0.2) is 12.8 Å². The summed E-state index contributed by atoms with van der Waals surface area (Å²) in [5.41, 5.74) is 0.896. The number of rotatable bonds is 12. The Kier molecular flexibility index (Phi) is 10.5. The molecule has 2 amide bonds. The molecule has 1 N–H and O–H groups in total. The van der Waals surface area contributed by atoms with Crippen molar-refractivity contribution in [2.24, 2.45) is 0 Å². The maximum atomic E-state index is 14.0. The Balaban J connectivity index is 1.69. The molecular weight excluding hydrogens is 581 g/mol. The molecule has 3 aromatic carbocycles. The molecule has 1 fully saturated rings. The van der Waals surface area contributed by atoms with Crippen LogP contribution in [-0.2, 0) is 26.2 Å². The number of carbonyl (C=O) groups is 2. The summed E-state index contributed by atoms with van der Waals surface area (Å²) in [5, 5.41) is 3.51. The summed E-state index contributed by atoms with van der Waals surface area (Å²) in [4.78, 5) is 28.5. The van der Waals surface area contributed by atoms with E-state index in [1.54, 1.807) is 43.3 Å². The number of nitrogens with one attached hydrogen (secondary N) is 1. The Labute approximate surface area is 251 Å². The lowest BCUT2D eigenvalue weighted by Crippen LogP contribution is -2.52. The highest BCUT2D eigenvalue weighted by atomic mass is 35.5. The number of sulfonamides is 1. The van der Waals surface area contributed by atoms with Crippen molar-refractivity contribution >= 4 is 39.1 Å². The molecule has 1 aliphatic rings. The van der Waals surface area contributed by atoms with Gasteiger partial charge >= 0.3 is 0 Å². The molecule has 1 atom stereocenters. The van der Waals surface area contributed by atoms with Crippen molar-refractivity contribution in [2.75, 3.05) is 17.5 Å². The smallest absolute Gasteiger partial charge is 0.264 e. The Morgan fingerprint density at radius 1 is 1.05 bits per heavy atom. The molecule has 224 valence electrons. The van der Waals surface area contributed by atoms with E-state index in [1.165, 1.54) is 17.0 Å². The van der Waals surface area contributed by atoms with Gasteiger partial charge in [-0.2, -0.15) is 0 Å². The zero-order chi connectivity index (χ0) is 30.3. The third kappa shape index (κ3) is 7.80. The SMILES string of the molecule is CCOc1ccc(N(CC(=O)N(Cc2cccc(Cl)c2)[C@@H](C)C(=O)NC2CCCC2)S(=O)(=O)c2ccc(F)cc2)cc1. The molecular formula is C31H35ClFN3O5S. The Bertz CT molecular complexity index is 1480. The number of ether oxygens (including phenoxy) is 1. The van der Waals surface area contributed by atoms with Gasteiger partial charge < -0.3 is 15.0 Å². The van der Waals surface area contributed by atoms with Crippen LogP contribution < -0.4 is 14.4 Å². The van der Waals surface area contributed by atoms with Crippen LogP contribution in [0.15, 0.2) is 77.7 Å². The minimum absolute atomic E-state index is 0.0341. The van der Waals surface area contributed by atoms with Crippen molar-refractivity contribution in [1.29, 1.82) is 0 Å². The van der Waals surface area contributed by atoms with Crippen LogP contribution in [0.2, 0.25) is 5.02 Å². The molecule has 8 nitrogen and oxygen atoms in total. The summed E-state index contributed by atoms with van der Waals surface area (Å²) < 4.78 is 47.8. The minimum atomic E-state index is -4.31. The fourth-order valence-electron chi connectivity index (χ4n) is 4.94. The molecule has 1 saturated carbocycles. The zero-order valence-electron chi connectivity index (χ0n) is 23.6. The molecule has 42 heavy (non-hydrogen) atoms. The number of benzene rings is 3. The molecule has 4 rings (SSSR count). The number of hydrogen-bond donors (Lipinski definition) is 1. The number of nitrogens with zero attached hydrogens (tertiary/aromatic N) is 2. The molecule has 11 heteroatoms. The van der Waals surface area contributed by atoms with Crippen LogP contribution in [0, 0.1) is 5.82 Å². The second-order valence-corrected chi connectivity index (χ2v) is 12.5. The van der Waals surface area contributed by atoms with Gasteiger partial charge in [0.15, 0.2) is 0 Å². The summed E-state index contributed by atoms with van der Waals surface area (Å²) in [6.45, 7) is 3.31. The second kappa shape index (κ2) is 14.0. The van der Waals surface area contributed by atoms with Crippen LogP contribution in [0.25, 0.3) is 0 Å². The molecule has 0 bridgehead atoms. The highest BCUT2D eigenvalue weighted by molar-refractivity contribution is 7.92. The quantitative estimate of drug-likeness (QED) is 0.288. The topological polar surface area (TPSA) is 96.0 Å². The monoisotopic (exact) mass is 615 g/mol. The Morgan fingerprint density at radius 2 is 1.71 bits per heavy atom. The van der Waals surface area contributed by atoms with Gasteiger partial charge in [-0.15, -0.1) is 0 Å². The lowest BCUT2D eigenvalue weighted by molar-refractivity contribution is -0.139. The molecule has 0 heterocycles. The third-order valence-electron chi connectivity index (χ3n) is 7.23. The van der Waals surface area contributed by atoms with Crippen LogP contribution in [-0.4, -0.2) is 50.4 Å². The van der Waals surface area contributed by atoms with Gasteiger partial charge in [0.2, 0.25) is 11.8 Å². The molecule has 0 radical (unpaired) electrons. The first-order chi connectivity index (χ1) is 20.1. The van der Waals surface area contributed by atoms with E-state index in [0.29, 0.717) is 22.9 Å². The molecule has 0 aliphatic heterocycles. The van der Waals surface area contributed by atoms with Crippen molar-refractivity contribution in [3.05, 3.63) is 89.2 Å². The van der Waals surface area contributed by atoms with Crippen LogP contribution in [0.5, 0.6) is 5.75 Å². The van der Waals surface area contributed by atoms with Gasteiger partial charge in [-0.05, 0) is 92.9 Å². The van der Waals surface area contributed by atoms with Crippen molar-refractivity contribution < 1.29 is 27.1 Å². The first-order valence-electron chi connectivity index (χ1n) is 13.9. The standard InChI is InChI=1S/C31H35ClFN3O5S/c1-3-41-28-15-13-27(14-16-28)36(42(39,40)29-17-11-25(33)12-18-29)21-30(37)35(20-23-7-6-8-24(32)19-23)22(2)31(38)34-26-9-4-5-10-26/h6-8,11-19,22,26H,3-5,9-10,20-21H2,1-2H3,(H,34,38)/t22-/m0/s1. The Morgan fingerprint density at radius 3 is 2.33 bits per heavy atom. The third-order valence-corrected chi connectivity index (χ3v) is 9.25. The van der Waals surface area contributed by atoms with Gasteiger partial charge in [0.1, 0.15) is 24.2 Å². The molecule has 0 spiro atoms. The molecule has 1 aliphatic carbocycles. The maximum Gasteiger partial charge on any atom is 0.264 e. The highest BCUT2D eigenvalue weighted by Gasteiger charge is 2.33. The van der Waals surface area contributed by atoms with Gasteiger partial charge in [0.05, 0.1) is 17.2 Å². The molecule has 0 unspecified atom stereocenters. The van der Waals surface area contributed by atoms with Gasteiger partial charge in [0, 0.05) is 17.6 Å². The van der Waals surface area contributed by atoms with Crippen LogP contribution in [0.4, 0.5) is 10.1 Å². The van der Waals surface area contributed by atoms with Gasteiger partial charge in [-0.3, -0.25) is 13.9 Å². The number of amides is 2. The zero-order valence-corrected chi connectivity index (χ0v) is 25.2. The van der Waals surface area contributed by atoms with Crippen molar-refractivity contribution in [2.45, 2.75) is 63.1 Å². The van der Waals surface area contributed by atoms with Crippen molar-refractivity contribution in [1.82, 2.24) is 10.2 Å². The van der Waals surface area contributed by atoms with Crippen LogP contribution in [0.1, 0.15) is 45.1 Å². The van der Waals surface area contributed by atoms with E-state index in [4.69, 9.17) is 16.3 Å². The number of carbonyl (C=O) groups excluding carboxylic acids is 2. The lowest BCUT2D eigenvalue weighted by Gasteiger charge is -2.32. The Hall–Kier alpha value is -3.63. The largest absolute Gasteiger partial charge is 0.494 e. The van der Waals surface area contributed by atoms with Crippen LogP contribution in [0.3, 0.4) is 0 Å². The molecule has 0 saturated heterocycles. The average molecular weight is 616 g/mol. The molecule has 3 aromatic rings. The van der Waals surface area contributed by atoms with Crippen molar-refractivity contribution in [3.8, 4) is 5.75 Å². The number of anilines is 1. The summed E-state index contributed by atoms with van der Waals surface area (Å²) in [6.07, 6.45) is 3.82. The average Bonchev–Trinajstić information content (AvgIpc) is 3.48. The number of hydrogen-bond acceptors (Lipinski definition) is 5. The highest BCUT2D eigenvalue weighted by Crippen LogP contribution is 2.27. The van der Waals surface area contributed by atoms with E-state index >= 15 is 0 Å². The fraction of sp³-hybridized carbons (Fsp3) is 0.355. The predicted octanol–water partition coefficient (Wildman–Crippen LogP) is 5.55. The van der Waals surface area contributed by atoms with E-state index < -0.39 is 34.3 Å². The van der Waals surface area contributed by atoms with E-state index in [0.717, 1.165) is 54.3 Å². The lowest BCUT2D eigenvalue weighted by atomic mass is 10.1. The first-order valence-corrected chi connectivity index (χ1v) is 15.8. The number of halogens is 2. The summed E-state index contributed by atoms with van der Waals surface area (Å²) in [7, 11) is -4.31. The second-order valence-electron chi connectivity index (χ2n) is 10.2. The summed E-state index contributed by atoms with van der Waals surface area (Å²) in [6, 6.07) is 16.8. The predicted molar refractivity (Wildman–Crippen MR) is 160 cm³/mol. The van der Waals surface area contributed by atoms with E-state index in [-0.39, 0.29) is 29.1 Å². The molecule has 0 aromatic heterocycles. The van der Waals surface area contributed by atoms with Gasteiger partial charge in [0.25, 0.3) is 10.0 Å². The normalized spacial score (nSPS) is 14.3. The van der Waals surface area contributed by atoms with E-state index in [9.17, 15) is 22.4 Å². The summed E-state index contributed by atoms with van der Waals surface area (Å²) in [5.74, 6) is -0.964. The maximum absolute atomic E-state index is 14.0. The van der Waals surface area contributed by atoms with E-state index in [1.807, 2.05) is 6.92 Å². The fourth-order valence-corrected chi connectivity index (χ4v) is 6.57.